The highest BCUT2D eigenvalue weighted by molar-refractivity contribution is 5.92. The van der Waals surface area contributed by atoms with Crippen LogP contribution in [0, 0.1) is 5.82 Å². The van der Waals surface area contributed by atoms with Gasteiger partial charge in [0.05, 0.1) is 6.54 Å². The van der Waals surface area contributed by atoms with Gasteiger partial charge in [-0.05, 0) is 25.0 Å². The summed E-state index contributed by atoms with van der Waals surface area (Å²) in [4.78, 5) is 25.2. The van der Waals surface area contributed by atoms with E-state index in [2.05, 4.69) is 10.5 Å². The molecule has 1 aromatic carbocycles. The monoisotopic (exact) mass is 346 g/mol. The molecule has 3 rings (SSSR count). The summed E-state index contributed by atoms with van der Waals surface area (Å²) in [5, 5.41) is 6.72. The van der Waals surface area contributed by atoms with E-state index in [0.717, 1.165) is 12.8 Å². The molecule has 0 saturated carbocycles. The van der Waals surface area contributed by atoms with Gasteiger partial charge in [0.2, 0.25) is 11.7 Å². The number of amides is 2. The quantitative estimate of drug-likeness (QED) is 0.846. The standard InChI is InChI=1S/C17H19FN4O3/c18-12-3-1-2-11(8-12)14-9-15(25-21-14)17(24)20-13-4-6-22(7-5-13)10-16(19)23/h1-3,8-9,13H,4-7,10H2,(H2,19,23)(H,20,24). The zero-order valence-corrected chi connectivity index (χ0v) is 13.6. The molecular weight excluding hydrogens is 327 g/mol. The average molecular weight is 346 g/mol. The van der Waals surface area contributed by atoms with Crippen molar-refractivity contribution in [2.45, 2.75) is 18.9 Å². The molecule has 1 aliphatic heterocycles. The van der Waals surface area contributed by atoms with Crippen LogP contribution in [0.2, 0.25) is 0 Å². The van der Waals surface area contributed by atoms with Gasteiger partial charge >= 0.3 is 0 Å². The van der Waals surface area contributed by atoms with Crippen molar-refractivity contribution in [1.29, 1.82) is 0 Å². The predicted molar refractivity (Wildman–Crippen MR) is 88.0 cm³/mol. The number of hydrogen-bond acceptors (Lipinski definition) is 5. The number of halogens is 1. The third-order valence-electron chi connectivity index (χ3n) is 4.16. The number of nitrogens with one attached hydrogen (secondary N) is 1. The van der Waals surface area contributed by atoms with Gasteiger partial charge in [-0.15, -0.1) is 0 Å². The molecule has 3 N–H and O–H groups in total. The number of benzene rings is 1. The van der Waals surface area contributed by atoms with Gasteiger partial charge in [0, 0.05) is 30.8 Å². The molecule has 1 saturated heterocycles. The van der Waals surface area contributed by atoms with E-state index in [4.69, 9.17) is 10.3 Å². The van der Waals surface area contributed by atoms with Crippen LogP contribution < -0.4 is 11.1 Å². The SMILES string of the molecule is NC(=O)CN1CCC(NC(=O)c2cc(-c3cccc(F)c3)no2)CC1. The van der Waals surface area contributed by atoms with Gasteiger partial charge in [0.15, 0.2) is 0 Å². The van der Waals surface area contributed by atoms with Gasteiger partial charge in [-0.2, -0.15) is 0 Å². The van der Waals surface area contributed by atoms with Crippen LogP contribution in [0.5, 0.6) is 0 Å². The van der Waals surface area contributed by atoms with E-state index in [1.54, 1.807) is 12.1 Å². The van der Waals surface area contributed by atoms with Crippen LogP contribution >= 0.6 is 0 Å². The number of nitrogens with two attached hydrogens (primary N) is 1. The number of hydrogen-bond donors (Lipinski definition) is 2. The third-order valence-corrected chi connectivity index (χ3v) is 4.16. The normalized spacial score (nSPS) is 15.9. The summed E-state index contributed by atoms with van der Waals surface area (Å²) in [5.41, 5.74) is 6.13. The van der Waals surface area contributed by atoms with Crippen LogP contribution in [0.1, 0.15) is 23.4 Å². The summed E-state index contributed by atoms with van der Waals surface area (Å²) in [6, 6.07) is 7.41. The van der Waals surface area contributed by atoms with E-state index in [-0.39, 0.29) is 36.0 Å². The van der Waals surface area contributed by atoms with Crippen molar-refractivity contribution in [3.8, 4) is 11.3 Å². The number of aromatic nitrogens is 1. The lowest BCUT2D eigenvalue weighted by molar-refractivity contribution is -0.119. The summed E-state index contributed by atoms with van der Waals surface area (Å²) in [6.45, 7) is 1.62. The van der Waals surface area contributed by atoms with Gasteiger partial charge < -0.3 is 15.6 Å². The smallest absolute Gasteiger partial charge is 0.290 e. The van der Waals surface area contributed by atoms with Crippen LogP contribution in [-0.2, 0) is 4.79 Å². The van der Waals surface area contributed by atoms with Gasteiger partial charge in [0.25, 0.3) is 5.91 Å². The Bertz CT molecular complexity index is 769. The van der Waals surface area contributed by atoms with Gasteiger partial charge in [0.1, 0.15) is 11.5 Å². The highest BCUT2D eigenvalue weighted by Crippen LogP contribution is 2.20. The number of rotatable bonds is 5. The lowest BCUT2D eigenvalue weighted by Crippen LogP contribution is -2.46. The fourth-order valence-corrected chi connectivity index (χ4v) is 2.88. The minimum Gasteiger partial charge on any atom is -0.369 e. The second-order valence-electron chi connectivity index (χ2n) is 6.08. The highest BCUT2D eigenvalue weighted by Gasteiger charge is 2.23. The molecule has 0 unspecified atom stereocenters. The van der Waals surface area contributed by atoms with Crippen molar-refractivity contribution >= 4 is 11.8 Å². The van der Waals surface area contributed by atoms with Crippen molar-refractivity contribution in [2.24, 2.45) is 5.73 Å². The lowest BCUT2D eigenvalue weighted by atomic mass is 10.0. The zero-order chi connectivity index (χ0) is 17.8. The summed E-state index contributed by atoms with van der Waals surface area (Å²) < 4.78 is 18.3. The molecule has 2 aromatic rings. The minimum atomic E-state index is -0.380. The number of likely N-dealkylation sites (tertiary alicyclic amines) is 1. The number of primary amides is 1. The van der Waals surface area contributed by atoms with Crippen LogP contribution in [0.15, 0.2) is 34.9 Å². The Kier molecular flexibility index (Phi) is 5.08. The van der Waals surface area contributed by atoms with Crippen LogP contribution in [-0.4, -0.2) is 47.5 Å². The molecule has 1 aromatic heterocycles. The molecule has 0 spiro atoms. The van der Waals surface area contributed by atoms with Crippen LogP contribution in [0.3, 0.4) is 0 Å². The first-order valence-corrected chi connectivity index (χ1v) is 8.05. The van der Waals surface area contributed by atoms with Crippen molar-refractivity contribution < 1.29 is 18.5 Å². The maximum Gasteiger partial charge on any atom is 0.290 e. The summed E-state index contributed by atoms with van der Waals surface area (Å²) >= 11 is 0. The van der Waals surface area contributed by atoms with E-state index >= 15 is 0 Å². The summed E-state index contributed by atoms with van der Waals surface area (Å²) in [5.74, 6) is -1.01. The van der Waals surface area contributed by atoms with Crippen molar-refractivity contribution in [1.82, 2.24) is 15.4 Å². The fourth-order valence-electron chi connectivity index (χ4n) is 2.88. The van der Waals surface area contributed by atoms with E-state index in [1.807, 2.05) is 4.90 Å². The second kappa shape index (κ2) is 7.43. The number of carbonyl (C=O) groups is 2. The maximum absolute atomic E-state index is 13.3. The summed E-state index contributed by atoms with van der Waals surface area (Å²) in [7, 11) is 0. The Hall–Kier alpha value is -2.74. The molecule has 25 heavy (non-hydrogen) atoms. The summed E-state index contributed by atoms with van der Waals surface area (Å²) in [6.07, 6.45) is 1.45. The first-order valence-electron chi connectivity index (χ1n) is 8.05. The Morgan fingerprint density at radius 1 is 1.32 bits per heavy atom. The molecule has 7 nitrogen and oxygen atoms in total. The zero-order valence-electron chi connectivity index (χ0n) is 13.6. The maximum atomic E-state index is 13.3. The van der Waals surface area contributed by atoms with Crippen LogP contribution in [0.25, 0.3) is 11.3 Å². The molecule has 132 valence electrons. The first kappa shape index (κ1) is 17.1. The Balaban J connectivity index is 1.57. The molecule has 2 amide bonds. The van der Waals surface area contributed by atoms with Crippen molar-refractivity contribution in [3.05, 3.63) is 41.9 Å². The molecule has 1 aliphatic rings. The number of piperidine rings is 1. The Morgan fingerprint density at radius 3 is 2.76 bits per heavy atom. The number of carbonyl (C=O) groups excluding carboxylic acids is 2. The van der Waals surface area contributed by atoms with Gasteiger partial charge in [-0.3, -0.25) is 14.5 Å². The highest BCUT2D eigenvalue weighted by atomic mass is 19.1. The van der Waals surface area contributed by atoms with E-state index in [1.165, 1.54) is 18.2 Å². The predicted octanol–water partition coefficient (Wildman–Crippen LogP) is 1.16. The molecular formula is C17H19FN4O3. The molecule has 8 heteroatoms. The van der Waals surface area contributed by atoms with Gasteiger partial charge in [-0.1, -0.05) is 17.3 Å². The lowest BCUT2D eigenvalue weighted by Gasteiger charge is -2.31. The molecule has 0 radical (unpaired) electrons. The second-order valence-corrected chi connectivity index (χ2v) is 6.08. The van der Waals surface area contributed by atoms with Crippen molar-refractivity contribution in [2.75, 3.05) is 19.6 Å². The largest absolute Gasteiger partial charge is 0.369 e. The average Bonchev–Trinajstić information content (AvgIpc) is 3.06. The van der Waals surface area contributed by atoms with Crippen LogP contribution in [0.4, 0.5) is 4.39 Å². The third kappa shape index (κ3) is 4.42. The molecule has 0 atom stereocenters. The number of nitrogens with zero attached hydrogens (tertiary/aromatic N) is 2. The minimum absolute atomic E-state index is 0.000605. The molecule has 0 aliphatic carbocycles. The van der Waals surface area contributed by atoms with E-state index in [0.29, 0.717) is 24.3 Å². The molecule has 0 bridgehead atoms. The van der Waals surface area contributed by atoms with E-state index < -0.39 is 0 Å². The first-order chi connectivity index (χ1) is 12.0. The van der Waals surface area contributed by atoms with E-state index in [9.17, 15) is 14.0 Å². The molecule has 2 heterocycles. The Labute approximate surface area is 144 Å². The van der Waals surface area contributed by atoms with Gasteiger partial charge in [-0.25, -0.2) is 4.39 Å². The fraction of sp³-hybridized carbons (Fsp3) is 0.353. The van der Waals surface area contributed by atoms with Crippen molar-refractivity contribution in [3.63, 3.8) is 0 Å². The topological polar surface area (TPSA) is 101 Å². The Morgan fingerprint density at radius 2 is 2.08 bits per heavy atom. The molecule has 1 fully saturated rings.